The molecule has 108 valence electrons. The van der Waals surface area contributed by atoms with E-state index >= 15 is 0 Å². The molecule has 1 aliphatic rings. The second-order valence-corrected chi connectivity index (χ2v) is 5.54. The molecular weight excluding hydrogens is 252 g/mol. The van der Waals surface area contributed by atoms with Crippen molar-refractivity contribution in [2.75, 3.05) is 0 Å². The predicted octanol–water partition coefficient (Wildman–Crippen LogP) is 1.59. The second kappa shape index (κ2) is 5.75. The number of nitrogens with zero attached hydrogens (tertiary/aromatic N) is 5. The lowest BCUT2D eigenvalue weighted by Gasteiger charge is -2.15. The molecule has 2 aromatic rings. The highest BCUT2D eigenvalue weighted by Crippen LogP contribution is 2.18. The Morgan fingerprint density at radius 1 is 1.30 bits per heavy atom. The maximum atomic E-state index is 4.39. The molecule has 1 aliphatic heterocycles. The Balaban J connectivity index is 1.69. The summed E-state index contributed by atoms with van der Waals surface area (Å²) in [6, 6.07) is 0.198. The number of aryl methyl sites for hydroxylation is 2. The lowest BCUT2D eigenvalue weighted by molar-refractivity contribution is 0.494. The van der Waals surface area contributed by atoms with Crippen molar-refractivity contribution in [1.82, 2.24) is 29.6 Å². The zero-order valence-corrected chi connectivity index (χ0v) is 12.2. The van der Waals surface area contributed by atoms with Crippen molar-refractivity contribution >= 4 is 0 Å². The van der Waals surface area contributed by atoms with Crippen LogP contribution in [0.2, 0.25) is 0 Å². The fourth-order valence-electron chi connectivity index (χ4n) is 2.73. The van der Waals surface area contributed by atoms with Crippen molar-refractivity contribution in [3.63, 3.8) is 0 Å². The number of fused-ring (bicyclic) bond motifs is 1. The van der Waals surface area contributed by atoms with Crippen LogP contribution in [-0.2, 0) is 26.6 Å². The summed E-state index contributed by atoms with van der Waals surface area (Å²) in [5.74, 6) is 2.20. The minimum Gasteiger partial charge on any atom is -0.337 e. The minimum atomic E-state index is 0.198. The number of aromatic nitrogens is 5. The first-order valence-corrected chi connectivity index (χ1v) is 7.36. The summed E-state index contributed by atoms with van der Waals surface area (Å²) in [5, 5.41) is 12.3. The molecule has 0 bridgehead atoms. The Morgan fingerprint density at radius 3 is 3.00 bits per heavy atom. The third kappa shape index (κ3) is 2.60. The van der Waals surface area contributed by atoms with Crippen LogP contribution in [0.5, 0.6) is 0 Å². The van der Waals surface area contributed by atoms with Gasteiger partial charge in [-0.25, -0.2) is 4.98 Å². The Bertz CT molecular complexity index is 570. The van der Waals surface area contributed by atoms with Crippen LogP contribution in [0.1, 0.15) is 49.6 Å². The molecular formula is C14H22N6. The van der Waals surface area contributed by atoms with Gasteiger partial charge < -0.3 is 14.5 Å². The largest absolute Gasteiger partial charge is 0.337 e. The fourth-order valence-corrected chi connectivity index (χ4v) is 2.73. The van der Waals surface area contributed by atoms with Crippen LogP contribution in [-0.4, -0.2) is 24.3 Å². The van der Waals surface area contributed by atoms with E-state index in [1.54, 1.807) is 0 Å². The summed E-state index contributed by atoms with van der Waals surface area (Å²) in [6.45, 7) is 3.99. The molecule has 3 heterocycles. The van der Waals surface area contributed by atoms with Crippen molar-refractivity contribution in [1.29, 1.82) is 0 Å². The summed E-state index contributed by atoms with van der Waals surface area (Å²) in [4.78, 5) is 4.13. The zero-order valence-electron chi connectivity index (χ0n) is 12.2. The number of imidazole rings is 1. The first-order valence-electron chi connectivity index (χ1n) is 7.36. The predicted molar refractivity (Wildman–Crippen MR) is 76.0 cm³/mol. The molecule has 1 unspecified atom stereocenters. The van der Waals surface area contributed by atoms with Gasteiger partial charge in [0, 0.05) is 32.8 Å². The first-order chi connectivity index (χ1) is 9.75. The zero-order chi connectivity index (χ0) is 13.9. The van der Waals surface area contributed by atoms with Gasteiger partial charge in [-0.15, -0.1) is 10.2 Å². The summed E-state index contributed by atoms with van der Waals surface area (Å²) in [5.41, 5.74) is 1.17. The lowest BCUT2D eigenvalue weighted by Crippen LogP contribution is -2.23. The maximum absolute atomic E-state index is 4.39. The SMILES string of the molecule is CC(NCc1cncn1C)c1nnc2n1CCCCC2. The van der Waals surface area contributed by atoms with Gasteiger partial charge in [-0.05, 0) is 19.8 Å². The first kappa shape index (κ1) is 13.3. The highest BCUT2D eigenvalue weighted by Gasteiger charge is 2.19. The van der Waals surface area contributed by atoms with Crippen LogP contribution < -0.4 is 5.32 Å². The van der Waals surface area contributed by atoms with Crippen molar-refractivity contribution < 1.29 is 0 Å². The molecule has 0 saturated heterocycles. The molecule has 0 aliphatic carbocycles. The van der Waals surface area contributed by atoms with Crippen LogP contribution in [0.15, 0.2) is 12.5 Å². The van der Waals surface area contributed by atoms with Crippen molar-refractivity contribution in [2.24, 2.45) is 7.05 Å². The normalized spacial score (nSPS) is 16.7. The second-order valence-electron chi connectivity index (χ2n) is 5.54. The third-order valence-corrected chi connectivity index (χ3v) is 4.03. The van der Waals surface area contributed by atoms with E-state index in [1.807, 2.05) is 24.1 Å². The van der Waals surface area contributed by atoms with E-state index in [0.29, 0.717) is 0 Å². The maximum Gasteiger partial charge on any atom is 0.149 e. The molecule has 6 heteroatoms. The molecule has 20 heavy (non-hydrogen) atoms. The van der Waals surface area contributed by atoms with E-state index in [9.17, 15) is 0 Å². The van der Waals surface area contributed by atoms with E-state index in [4.69, 9.17) is 0 Å². The monoisotopic (exact) mass is 274 g/mol. The molecule has 0 spiro atoms. The standard InChI is InChI=1S/C14H22N6/c1-11(16-9-12-8-15-10-19(12)2)14-18-17-13-6-4-3-5-7-20(13)14/h8,10-11,16H,3-7,9H2,1-2H3. The summed E-state index contributed by atoms with van der Waals surface area (Å²) >= 11 is 0. The molecule has 0 fully saturated rings. The minimum absolute atomic E-state index is 0.198. The van der Waals surface area contributed by atoms with E-state index in [-0.39, 0.29) is 6.04 Å². The van der Waals surface area contributed by atoms with Crippen molar-refractivity contribution in [3.8, 4) is 0 Å². The number of hydrogen-bond acceptors (Lipinski definition) is 4. The van der Waals surface area contributed by atoms with Crippen LogP contribution in [0.3, 0.4) is 0 Å². The Kier molecular flexibility index (Phi) is 3.82. The Morgan fingerprint density at radius 2 is 2.20 bits per heavy atom. The summed E-state index contributed by atoms with van der Waals surface area (Å²) < 4.78 is 4.33. The van der Waals surface area contributed by atoms with Crippen LogP contribution >= 0.6 is 0 Å². The van der Waals surface area contributed by atoms with E-state index in [0.717, 1.165) is 31.2 Å². The van der Waals surface area contributed by atoms with Gasteiger partial charge in [-0.3, -0.25) is 0 Å². The van der Waals surface area contributed by atoms with Gasteiger partial charge >= 0.3 is 0 Å². The average molecular weight is 274 g/mol. The topological polar surface area (TPSA) is 60.6 Å². The number of rotatable bonds is 4. The van der Waals surface area contributed by atoms with Gasteiger partial charge in [0.1, 0.15) is 11.6 Å². The molecule has 3 rings (SSSR count). The average Bonchev–Trinajstić information content (AvgIpc) is 2.96. The van der Waals surface area contributed by atoms with Gasteiger partial charge in [0.2, 0.25) is 0 Å². The molecule has 1 atom stereocenters. The highest BCUT2D eigenvalue weighted by atomic mass is 15.3. The van der Waals surface area contributed by atoms with Crippen LogP contribution in [0, 0.1) is 0 Å². The van der Waals surface area contributed by atoms with E-state index in [1.165, 1.54) is 25.0 Å². The molecule has 6 nitrogen and oxygen atoms in total. The van der Waals surface area contributed by atoms with Crippen molar-refractivity contribution in [2.45, 2.75) is 51.7 Å². The molecule has 1 N–H and O–H groups in total. The van der Waals surface area contributed by atoms with Gasteiger partial charge in [-0.1, -0.05) is 6.42 Å². The summed E-state index contributed by atoms with van der Waals surface area (Å²) in [7, 11) is 2.01. The Labute approximate surface area is 119 Å². The lowest BCUT2D eigenvalue weighted by atomic mass is 10.2. The summed E-state index contributed by atoms with van der Waals surface area (Å²) in [6.07, 6.45) is 8.53. The molecule has 0 amide bonds. The van der Waals surface area contributed by atoms with Crippen LogP contribution in [0.25, 0.3) is 0 Å². The van der Waals surface area contributed by atoms with Gasteiger partial charge in [0.15, 0.2) is 0 Å². The Hall–Kier alpha value is -1.69. The molecule has 0 aromatic carbocycles. The number of nitrogens with one attached hydrogen (secondary N) is 1. The van der Waals surface area contributed by atoms with Gasteiger partial charge in [0.25, 0.3) is 0 Å². The van der Waals surface area contributed by atoms with E-state index < -0.39 is 0 Å². The highest BCUT2D eigenvalue weighted by molar-refractivity contribution is 5.03. The van der Waals surface area contributed by atoms with Gasteiger partial charge in [-0.2, -0.15) is 0 Å². The molecule has 0 radical (unpaired) electrons. The third-order valence-electron chi connectivity index (χ3n) is 4.03. The molecule has 0 saturated carbocycles. The quantitative estimate of drug-likeness (QED) is 0.919. The fraction of sp³-hybridized carbons (Fsp3) is 0.643. The van der Waals surface area contributed by atoms with Crippen molar-refractivity contribution in [3.05, 3.63) is 29.9 Å². The smallest absolute Gasteiger partial charge is 0.149 e. The number of hydrogen-bond donors (Lipinski definition) is 1. The molecule has 2 aromatic heterocycles. The van der Waals surface area contributed by atoms with Gasteiger partial charge in [0.05, 0.1) is 18.1 Å². The van der Waals surface area contributed by atoms with E-state index in [2.05, 4.69) is 32.0 Å². The van der Waals surface area contributed by atoms with Crippen LogP contribution in [0.4, 0.5) is 0 Å².